The predicted octanol–water partition coefficient (Wildman–Crippen LogP) is 4.14. The first kappa shape index (κ1) is 19.7. The van der Waals surface area contributed by atoms with Gasteiger partial charge in [-0.05, 0) is 67.3 Å². The van der Waals surface area contributed by atoms with Gasteiger partial charge in [0, 0.05) is 18.3 Å². The van der Waals surface area contributed by atoms with Crippen LogP contribution in [0.25, 0.3) is 11.3 Å². The van der Waals surface area contributed by atoms with Gasteiger partial charge in [-0.2, -0.15) is 0 Å². The van der Waals surface area contributed by atoms with Gasteiger partial charge in [-0.15, -0.1) is 0 Å². The second-order valence-corrected chi connectivity index (χ2v) is 8.99. The fraction of sp³-hybridized carbons (Fsp3) is 0.273. The van der Waals surface area contributed by atoms with Crippen LogP contribution in [0.5, 0.6) is 5.75 Å². The van der Waals surface area contributed by atoms with Crippen LogP contribution in [0.3, 0.4) is 0 Å². The number of hydrogen-bond acceptors (Lipinski definition) is 4. The Bertz CT molecular complexity index is 1150. The van der Waals surface area contributed by atoms with Crippen LogP contribution < -0.4 is 10.1 Å². The van der Waals surface area contributed by atoms with Gasteiger partial charge < -0.3 is 10.1 Å². The van der Waals surface area contributed by atoms with E-state index in [1.54, 1.807) is 13.3 Å². The van der Waals surface area contributed by atoms with Crippen molar-refractivity contribution in [3.05, 3.63) is 71.7 Å². The highest BCUT2D eigenvalue weighted by atomic mass is 32.2. The van der Waals surface area contributed by atoms with Crippen LogP contribution in [-0.2, 0) is 16.6 Å². The topological polar surface area (TPSA) is 60.3 Å². The first-order valence-corrected chi connectivity index (χ1v) is 10.9. The van der Waals surface area contributed by atoms with Gasteiger partial charge in [-0.3, -0.25) is 0 Å². The summed E-state index contributed by atoms with van der Waals surface area (Å²) in [5, 5.41) is 3.13. The molecule has 0 bridgehead atoms. The van der Waals surface area contributed by atoms with Crippen molar-refractivity contribution < 1.29 is 17.5 Å². The Morgan fingerprint density at radius 2 is 1.93 bits per heavy atom. The van der Waals surface area contributed by atoms with Crippen LogP contribution in [0.1, 0.15) is 29.9 Å². The molecule has 0 radical (unpaired) electrons. The highest BCUT2D eigenvalue weighted by Gasteiger charge is 2.35. The van der Waals surface area contributed by atoms with Crippen molar-refractivity contribution in [2.45, 2.75) is 30.2 Å². The summed E-state index contributed by atoms with van der Waals surface area (Å²) >= 11 is 0. The lowest BCUT2D eigenvalue weighted by Gasteiger charge is -2.15. The summed E-state index contributed by atoms with van der Waals surface area (Å²) in [6.45, 7) is 0.541. The van der Waals surface area contributed by atoms with E-state index in [1.165, 1.54) is 22.2 Å². The van der Waals surface area contributed by atoms with Gasteiger partial charge in [0.1, 0.15) is 11.6 Å². The highest BCUT2D eigenvalue weighted by molar-refractivity contribution is 7.90. The second-order valence-electron chi connectivity index (χ2n) is 7.18. The molecule has 3 aromatic rings. The standard InChI is InChI=1S/C22H23FN2O3S/c1-24-13-16-14-25(29(26,27)18-7-5-6-17(23)12-18)22(21(16)15-10-11-15)19-8-3-4-9-20(19)28-2/h3-9,12,14-15,24H,10-11,13H2,1-2H3. The zero-order valence-electron chi connectivity index (χ0n) is 16.4. The molecular formula is C22H23FN2O3S. The van der Waals surface area contributed by atoms with Crippen molar-refractivity contribution in [2.75, 3.05) is 14.2 Å². The summed E-state index contributed by atoms with van der Waals surface area (Å²) in [7, 11) is -0.598. The molecule has 1 aliphatic rings. The molecule has 152 valence electrons. The molecule has 2 aromatic carbocycles. The maximum Gasteiger partial charge on any atom is 0.268 e. The summed E-state index contributed by atoms with van der Waals surface area (Å²) in [4.78, 5) is -0.0815. The van der Waals surface area contributed by atoms with E-state index in [-0.39, 0.29) is 4.90 Å². The minimum Gasteiger partial charge on any atom is -0.496 e. The third-order valence-corrected chi connectivity index (χ3v) is 6.82. The Labute approximate surface area is 170 Å². The van der Waals surface area contributed by atoms with Gasteiger partial charge >= 0.3 is 0 Å². The van der Waals surface area contributed by atoms with Crippen LogP contribution in [0, 0.1) is 5.82 Å². The molecule has 1 fully saturated rings. The molecule has 1 aromatic heterocycles. The van der Waals surface area contributed by atoms with Crippen molar-refractivity contribution in [1.29, 1.82) is 0 Å². The molecule has 0 spiro atoms. The minimum absolute atomic E-state index is 0.0815. The van der Waals surface area contributed by atoms with E-state index in [4.69, 9.17) is 4.74 Å². The molecule has 0 saturated heterocycles. The van der Waals surface area contributed by atoms with Crippen LogP contribution in [-0.4, -0.2) is 26.5 Å². The first-order valence-electron chi connectivity index (χ1n) is 9.50. The van der Waals surface area contributed by atoms with E-state index in [2.05, 4.69) is 5.32 Å². The number of benzene rings is 2. The molecule has 1 saturated carbocycles. The van der Waals surface area contributed by atoms with Gasteiger partial charge in [-0.25, -0.2) is 16.8 Å². The van der Waals surface area contributed by atoms with Crippen molar-refractivity contribution in [1.82, 2.24) is 9.29 Å². The van der Waals surface area contributed by atoms with Gasteiger partial charge in [0.2, 0.25) is 0 Å². The van der Waals surface area contributed by atoms with Crippen LogP contribution in [0.15, 0.2) is 59.6 Å². The molecule has 5 nitrogen and oxygen atoms in total. The number of rotatable bonds is 7. The van der Waals surface area contributed by atoms with E-state index in [9.17, 15) is 12.8 Å². The lowest BCUT2D eigenvalue weighted by atomic mass is 10.0. The number of nitrogens with one attached hydrogen (secondary N) is 1. The maximum atomic E-state index is 13.8. The largest absolute Gasteiger partial charge is 0.496 e. The zero-order chi connectivity index (χ0) is 20.6. The van der Waals surface area contributed by atoms with Crippen LogP contribution in [0.4, 0.5) is 4.39 Å². The van der Waals surface area contributed by atoms with Crippen molar-refractivity contribution in [3.63, 3.8) is 0 Å². The normalized spacial score (nSPS) is 14.2. The van der Waals surface area contributed by atoms with E-state index < -0.39 is 15.8 Å². The van der Waals surface area contributed by atoms with E-state index in [1.807, 2.05) is 31.3 Å². The fourth-order valence-electron chi connectivity index (χ4n) is 3.74. The highest BCUT2D eigenvalue weighted by Crippen LogP contribution is 2.49. The van der Waals surface area contributed by atoms with Crippen molar-refractivity contribution in [2.24, 2.45) is 0 Å². The molecule has 0 unspecified atom stereocenters. The Morgan fingerprint density at radius 3 is 2.59 bits per heavy atom. The fourth-order valence-corrected chi connectivity index (χ4v) is 5.18. The lowest BCUT2D eigenvalue weighted by molar-refractivity contribution is 0.416. The summed E-state index contributed by atoms with van der Waals surface area (Å²) in [6, 6.07) is 12.5. The van der Waals surface area contributed by atoms with Crippen LogP contribution in [0.2, 0.25) is 0 Å². The number of para-hydroxylation sites is 1. The van der Waals surface area contributed by atoms with E-state index in [0.717, 1.165) is 30.0 Å². The number of aromatic nitrogens is 1. The van der Waals surface area contributed by atoms with Gasteiger partial charge in [-0.1, -0.05) is 18.2 Å². The lowest BCUT2D eigenvalue weighted by Crippen LogP contribution is -2.14. The van der Waals surface area contributed by atoms with Crippen molar-refractivity contribution >= 4 is 10.0 Å². The van der Waals surface area contributed by atoms with E-state index >= 15 is 0 Å². The van der Waals surface area contributed by atoms with Gasteiger partial charge in [0.15, 0.2) is 0 Å². The maximum absolute atomic E-state index is 13.8. The number of hydrogen-bond donors (Lipinski definition) is 1. The van der Waals surface area contributed by atoms with Crippen molar-refractivity contribution in [3.8, 4) is 17.0 Å². The molecule has 7 heteroatoms. The monoisotopic (exact) mass is 414 g/mol. The summed E-state index contributed by atoms with van der Waals surface area (Å²) in [6.07, 6.45) is 3.69. The summed E-state index contributed by atoms with van der Waals surface area (Å²) in [5.41, 5.74) is 3.25. The predicted molar refractivity (Wildman–Crippen MR) is 110 cm³/mol. The molecule has 4 rings (SSSR count). The van der Waals surface area contributed by atoms with E-state index in [0.29, 0.717) is 29.5 Å². The summed E-state index contributed by atoms with van der Waals surface area (Å²) in [5.74, 6) is 0.316. The Kier molecular flexibility index (Phi) is 5.19. The molecule has 0 atom stereocenters. The van der Waals surface area contributed by atoms with Gasteiger partial charge in [0.05, 0.1) is 17.7 Å². The molecule has 0 amide bonds. The molecular weight excluding hydrogens is 391 g/mol. The molecule has 0 aliphatic heterocycles. The zero-order valence-corrected chi connectivity index (χ0v) is 17.2. The molecule has 1 aliphatic carbocycles. The Balaban J connectivity index is 2.03. The Morgan fingerprint density at radius 1 is 1.17 bits per heavy atom. The molecule has 1 N–H and O–H groups in total. The summed E-state index contributed by atoms with van der Waals surface area (Å²) < 4.78 is 47.7. The second kappa shape index (κ2) is 7.65. The average molecular weight is 415 g/mol. The SMILES string of the molecule is CNCc1cn(S(=O)(=O)c2cccc(F)c2)c(-c2ccccc2OC)c1C1CC1. The third kappa shape index (κ3) is 3.56. The average Bonchev–Trinajstić information content (AvgIpc) is 3.48. The first-order chi connectivity index (χ1) is 14.0. The third-order valence-electron chi connectivity index (χ3n) is 5.16. The quantitative estimate of drug-likeness (QED) is 0.631. The molecule has 29 heavy (non-hydrogen) atoms. The number of ether oxygens (including phenoxy) is 1. The van der Waals surface area contributed by atoms with Gasteiger partial charge in [0.25, 0.3) is 10.0 Å². The number of halogens is 1. The number of nitrogens with zero attached hydrogens (tertiary/aromatic N) is 1. The number of methoxy groups -OCH3 is 1. The minimum atomic E-state index is -4.00. The Hall–Kier alpha value is -2.64. The smallest absolute Gasteiger partial charge is 0.268 e. The van der Waals surface area contributed by atoms with Crippen LogP contribution >= 0.6 is 0 Å². The molecule has 1 heterocycles.